The Hall–Kier alpha value is -1.11. The number of nitrogens with zero attached hydrogens (tertiary/aromatic N) is 2. The maximum atomic E-state index is 12.2. The van der Waals surface area contributed by atoms with Crippen LogP contribution in [0.1, 0.15) is 25.3 Å². The summed E-state index contributed by atoms with van der Waals surface area (Å²) in [7, 11) is 0. The lowest BCUT2D eigenvalue weighted by atomic mass is 10.2. The first-order chi connectivity index (χ1) is 14.0. The van der Waals surface area contributed by atoms with Crippen LogP contribution in [-0.4, -0.2) is 64.4 Å². The first-order valence-corrected chi connectivity index (χ1v) is 12.1. The van der Waals surface area contributed by atoms with E-state index in [-0.39, 0.29) is 5.91 Å². The summed E-state index contributed by atoms with van der Waals surface area (Å²) in [6.07, 6.45) is 1.78. The van der Waals surface area contributed by atoms with Crippen molar-refractivity contribution in [2.75, 3.05) is 45.1 Å². The lowest BCUT2D eigenvalue weighted by Gasteiger charge is -2.26. The average Bonchev–Trinajstić information content (AvgIpc) is 2.74. The summed E-state index contributed by atoms with van der Waals surface area (Å²) in [5.41, 5.74) is 1.29. The highest BCUT2D eigenvalue weighted by molar-refractivity contribution is 8.47. The van der Waals surface area contributed by atoms with Gasteiger partial charge in [-0.25, -0.2) is 6.57 Å². The molecule has 1 aromatic carbocycles. The number of ether oxygens (including phenoxy) is 1. The Morgan fingerprint density at radius 2 is 2.07 bits per heavy atom. The molecule has 1 fully saturated rings. The molecule has 1 unspecified atom stereocenters. The number of aryl methyl sites for hydroxylation is 1. The third-order valence-electron chi connectivity index (χ3n) is 4.66. The van der Waals surface area contributed by atoms with E-state index in [1.165, 1.54) is 17.3 Å². The molecule has 5 nitrogen and oxygen atoms in total. The lowest BCUT2D eigenvalue weighted by Crippen LogP contribution is -2.41. The molecule has 0 aliphatic carbocycles. The van der Waals surface area contributed by atoms with E-state index in [1.54, 1.807) is 11.8 Å². The third kappa shape index (κ3) is 9.96. The zero-order valence-electron chi connectivity index (χ0n) is 16.9. The number of thioether (sulfide) groups is 2. The Balaban J connectivity index is 1.63. The van der Waals surface area contributed by atoms with Crippen LogP contribution in [-0.2, 0) is 16.0 Å². The molecule has 0 spiro atoms. The predicted molar refractivity (Wildman–Crippen MR) is 127 cm³/mol. The summed E-state index contributed by atoms with van der Waals surface area (Å²) in [5, 5.41) is 2.96. The number of thiocarbonyl (C=S) groups is 1. The van der Waals surface area contributed by atoms with Gasteiger partial charge in [-0.3, -0.25) is 14.5 Å². The number of benzene rings is 1. The van der Waals surface area contributed by atoms with Crippen LogP contribution in [0.25, 0.3) is 4.85 Å². The van der Waals surface area contributed by atoms with Gasteiger partial charge in [-0.05, 0) is 23.7 Å². The van der Waals surface area contributed by atoms with Gasteiger partial charge in [0.2, 0.25) is 5.91 Å². The molecule has 0 aromatic heterocycles. The van der Waals surface area contributed by atoms with E-state index in [2.05, 4.69) is 27.2 Å². The van der Waals surface area contributed by atoms with E-state index >= 15 is 0 Å². The van der Waals surface area contributed by atoms with Crippen molar-refractivity contribution in [2.24, 2.45) is 0 Å². The van der Waals surface area contributed by atoms with Gasteiger partial charge in [0.15, 0.2) is 0 Å². The fourth-order valence-electron chi connectivity index (χ4n) is 2.85. The van der Waals surface area contributed by atoms with Crippen molar-refractivity contribution in [1.29, 1.82) is 0 Å². The van der Waals surface area contributed by atoms with Gasteiger partial charge in [-0.2, -0.15) is 0 Å². The molecule has 1 N–H and O–H groups in total. The first-order valence-electron chi connectivity index (χ1n) is 9.86. The van der Waals surface area contributed by atoms with E-state index in [4.69, 9.17) is 23.5 Å². The second kappa shape index (κ2) is 13.2. The van der Waals surface area contributed by atoms with E-state index in [0.717, 1.165) is 48.6 Å². The van der Waals surface area contributed by atoms with E-state index in [9.17, 15) is 4.79 Å². The van der Waals surface area contributed by atoms with Gasteiger partial charge < -0.3 is 10.1 Å². The summed E-state index contributed by atoms with van der Waals surface area (Å²) >= 11 is 8.49. The molecule has 1 heterocycles. The van der Waals surface area contributed by atoms with Crippen LogP contribution in [0.15, 0.2) is 30.3 Å². The molecule has 1 saturated heterocycles. The van der Waals surface area contributed by atoms with Crippen molar-refractivity contribution < 1.29 is 9.53 Å². The van der Waals surface area contributed by atoms with Crippen LogP contribution in [0.4, 0.5) is 0 Å². The summed E-state index contributed by atoms with van der Waals surface area (Å²) < 4.78 is 6.09. The molecule has 1 aliphatic heterocycles. The highest BCUT2D eigenvalue weighted by atomic mass is 32.2. The number of hydrogen-bond donors (Lipinski definition) is 1. The number of amides is 1. The van der Waals surface area contributed by atoms with Gasteiger partial charge in [-0.1, -0.05) is 42.5 Å². The smallest absolute Gasteiger partial charge is 0.281 e. The Morgan fingerprint density at radius 3 is 2.76 bits per heavy atom. The summed E-state index contributed by atoms with van der Waals surface area (Å²) in [6, 6.07) is 10.3. The number of hydrogen-bond acceptors (Lipinski definition) is 6. The molecule has 8 heteroatoms. The topological polar surface area (TPSA) is 45.9 Å². The zero-order valence-corrected chi connectivity index (χ0v) is 19.3. The zero-order chi connectivity index (χ0) is 21.0. The lowest BCUT2D eigenvalue weighted by molar-refractivity contribution is -0.121. The van der Waals surface area contributed by atoms with Gasteiger partial charge in [0.05, 0.1) is 13.2 Å². The van der Waals surface area contributed by atoms with E-state index in [1.807, 2.05) is 25.1 Å². The van der Waals surface area contributed by atoms with Crippen molar-refractivity contribution in [2.45, 2.75) is 31.1 Å². The molecule has 0 bridgehead atoms. The number of morpholine rings is 1. The summed E-state index contributed by atoms with van der Waals surface area (Å²) in [6.45, 7) is 14.3. The minimum Gasteiger partial charge on any atom is -0.379 e. The van der Waals surface area contributed by atoms with Crippen LogP contribution in [0, 0.1) is 6.57 Å². The number of carbonyl (C=O) groups is 1. The molecular weight excluding hydrogens is 422 g/mol. The molecule has 0 radical (unpaired) electrons. The van der Waals surface area contributed by atoms with Gasteiger partial charge in [0.1, 0.15) is 3.53 Å². The normalized spacial score (nSPS) is 16.6. The molecule has 0 saturated carbocycles. The second-order valence-corrected chi connectivity index (χ2v) is 10.8. The molecule has 1 amide bonds. The van der Waals surface area contributed by atoms with E-state index < -0.39 is 4.87 Å². The van der Waals surface area contributed by atoms with Crippen molar-refractivity contribution >= 4 is 45.2 Å². The minimum absolute atomic E-state index is 0.00335. The molecule has 1 aliphatic rings. The van der Waals surface area contributed by atoms with Crippen molar-refractivity contribution in [3.63, 3.8) is 0 Å². The van der Waals surface area contributed by atoms with Crippen molar-refractivity contribution in [3.8, 4) is 0 Å². The van der Waals surface area contributed by atoms with Gasteiger partial charge in [0.25, 0.3) is 4.87 Å². The largest absolute Gasteiger partial charge is 0.379 e. The third-order valence-corrected chi connectivity index (χ3v) is 7.42. The Bertz CT molecular complexity index is 690. The molecule has 2 rings (SSSR count). The fraction of sp³-hybridized carbons (Fsp3) is 0.571. The fourth-order valence-corrected chi connectivity index (χ4v) is 5.77. The SMILES string of the molecule is [C-]#[N+]C(C)(CCC(=O)NCCN1CCOCC1)SC(=S)SCCc1ccccc1. The summed E-state index contributed by atoms with van der Waals surface area (Å²) in [5.74, 6) is 0.891. The molecule has 1 aromatic rings. The van der Waals surface area contributed by atoms with Crippen LogP contribution >= 0.6 is 35.7 Å². The van der Waals surface area contributed by atoms with Crippen molar-refractivity contribution in [1.82, 2.24) is 10.2 Å². The van der Waals surface area contributed by atoms with Crippen LogP contribution in [0.2, 0.25) is 0 Å². The Labute approximate surface area is 188 Å². The van der Waals surface area contributed by atoms with Crippen LogP contribution in [0.5, 0.6) is 0 Å². The highest BCUT2D eigenvalue weighted by Crippen LogP contribution is 2.36. The predicted octanol–water partition coefficient (Wildman–Crippen LogP) is 3.84. The van der Waals surface area contributed by atoms with Crippen LogP contribution in [0.3, 0.4) is 0 Å². The van der Waals surface area contributed by atoms with Crippen LogP contribution < -0.4 is 5.32 Å². The standard InChI is InChI=1S/C21H29N3O2S3/c1-21(22-2,29-20(27)28-17-9-18-6-4-3-5-7-18)10-8-19(25)23-11-12-24-13-15-26-16-14-24/h3-7H,8-17H2,1H3,(H,23,25). The number of rotatable bonds is 10. The molecule has 158 valence electrons. The molecule has 29 heavy (non-hydrogen) atoms. The van der Waals surface area contributed by atoms with Gasteiger partial charge in [0, 0.05) is 51.7 Å². The second-order valence-electron chi connectivity index (χ2n) is 7.03. The Kier molecular flexibility index (Phi) is 11.0. The quantitative estimate of drug-likeness (QED) is 0.431. The number of carbonyl (C=O) groups excluding carboxylic acids is 1. The maximum absolute atomic E-state index is 12.2. The van der Waals surface area contributed by atoms with Gasteiger partial charge >= 0.3 is 0 Å². The van der Waals surface area contributed by atoms with Crippen molar-refractivity contribution in [3.05, 3.63) is 47.3 Å². The average molecular weight is 452 g/mol. The first kappa shape index (κ1) is 24.2. The van der Waals surface area contributed by atoms with Gasteiger partial charge in [-0.15, -0.1) is 11.8 Å². The molecule has 1 atom stereocenters. The Morgan fingerprint density at radius 1 is 1.34 bits per heavy atom. The minimum atomic E-state index is -0.696. The monoisotopic (exact) mass is 451 g/mol. The highest BCUT2D eigenvalue weighted by Gasteiger charge is 2.33. The summed E-state index contributed by atoms with van der Waals surface area (Å²) in [4.78, 5) is 17.5. The number of nitrogens with one attached hydrogen (secondary N) is 1. The maximum Gasteiger partial charge on any atom is 0.281 e. The van der Waals surface area contributed by atoms with E-state index in [0.29, 0.717) is 19.4 Å². The molecular formula is C21H29N3O2S3.